The summed E-state index contributed by atoms with van der Waals surface area (Å²) in [5.41, 5.74) is 2.77. The minimum Gasteiger partial charge on any atom is -0.441 e. The van der Waals surface area contributed by atoms with Crippen LogP contribution in [0.4, 0.5) is 0 Å². The van der Waals surface area contributed by atoms with Crippen LogP contribution in [0.25, 0.3) is 22.4 Å². The molecule has 0 fully saturated rings. The Labute approximate surface area is 91.7 Å². The molecule has 0 aliphatic rings. The lowest BCUT2D eigenvalue weighted by molar-refractivity contribution is 0.534. The fourth-order valence-electron chi connectivity index (χ4n) is 1.66. The maximum Gasteiger partial charge on any atom is 0.191 e. The van der Waals surface area contributed by atoms with Crippen molar-refractivity contribution in [3.8, 4) is 11.3 Å². The molecule has 16 heavy (non-hydrogen) atoms. The summed E-state index contributed by atoms with van der Waals surface area (Å²) in [4.78, 5) is 8.38. The van der Waals surface area contributed by atoms with Gasteiger partial charge in [0, 0.05) is 25.7 Å². The third kappa shape index (κ3) is 1.29. The van der Waals surface area contributed by atoms with E-state index in [-0.39, 0.29) is 0 Å². The monoisotopic (exact) mass is 214 g/mol. The molecule has 3 rings (SSSR count). The van der Waals surface area contributed by atoms with Crippen LogP contribution in [0.2, 0.25) is 0 Å². The Kier molecular flexibility index (Phi) is 1.80. The largest absolute Gasteiger partial charge is 0.441 e. The second kappa shape index (κ2) is 3.16. The van der Waals surface area contributed by atoms with Crippen LogP contribution in [0.3, 0.4) is 0 Å². The summed E-state index contributed by atoms with van der Waals surface area (Å²) in [6, 6.07) is 2.00. The van der Waals surface area contributed by atoms with Gasteiger partial charge in [0.05, 0.1) is 17.9 Å². The lowest BCUT2D eigenvalue weighted by atomic mass is 10.2. The lowest BCUT2D eigenvalue weighted by Crippen LogP contribution is -1.89. The maximum atomic E-state index is 5.45. The second-order valence-corrected chi connectivity index (χ2v) is 3.64. The van der Waals surface area contributed by atoms with Crippen LogP contribution in [0.15, 0.2) is 29.1 Å². The van der Waals surface area contributed by atoms with E-state index in [4.69, 9.17) is 4.42 Å². The zero-order chi connectivity index (χ0) is 11.1. The van der Waals surface area contributed by atoms with Crippen LogP contribution in [0.5, 0.6) is 0 Å². The SMILES string of the molecule is Cc1ncc(-c2cnc3cnn(C)c3c2)o1. The summed E-state index contributed by atoms with van der Waals surface area (Å²) >= 11 is 0. The van der Waals surface area contributed by atoms with Crippen molar-refractivity contribution in [3.63, 3.8) is 0 Å². The molecule has 0 N–H and O–H groups in total. The van der Waals surface area contributed by atoms with Gasteiger partial charge in [-0.1, -0.05) is 0 Å². The van der Waals surface area contributed by atoms with Gasteiger partial charge in [0.2, 0.25) is 0 Å². The molecule has 0 amide bonds. The number of oxazole rings is 1. The van der Waals surface area contributed by atoms with E-state index in [0.717, 1.165) is 22.4 Å². The molecule has 0 aliphatic heterocycles. The maximum absolute atomic E-state index is 5.45. The molecule has 0 radical (unpaired) electrons. The average Bonchev–Trinajstić information content (AvgIpc) is 2.86. The average molecular weight is 214 g/mol. The normalized spacial score (nSPS) is 11.1. The van der Waals surface area contributed by atoms with Gasteiger partial charge in [0.1, 0.15) is 5.52 Å². The number of fused-ring (bicyclic) bond motifs is 1. The summed E-state index contributed by atoms with van der Waals surface area (Å²) in [7, 11) is 1.89. The van der Waals surface area contributed by atoms with Crippen molar-refractivity contribution in [1.82, 2.24) is 19.7 Å². The van der Waals surface area contributed by atoms with Gasteiger partial charge < -0.3 is 4.42 Å². The van der Waals surface area contributed by atoms with Crippen molar-refractivity contribution >= 4 is 11.0 Å². The van der Waals surface area contributed by atoms with Gasteiger partial charge in [-0.25, -0.2) is 4.98 Å². The fourth-order valence-corrected chi connectivity index (χ4v) is 1.66. The number of hydrogen-bond acceptors (Lipinski definition) is 4. The first-order valence-electron chi connectivity index (χ1n) is 4.94. The van der Waals surface area contributed by atoms with Crippen molar-refractivity contribution < 1.29 is 4.42 Å². The molecular weight excluding hydrogens is 204 g/mol. The summed E-state index contributed by atoms with van der Waals surface area (Å²) in [5, 5.41) is 4.14. The standard InChI is InChI=1S/C11H10N4O/c1-7-12-6-11(16-7)8-3-10-9(13-4-8)5-14-15(10)2/h3-6H,1-2H3. The second-order valence-electron chi connectivity index (χ2n) is 3.64. The van der Waals surface area contributed by atoms with Gasteiger partial charge in [0.25, 0.3) is 0 Å². The number of rotatable bonds is 1. The third-order valence-corrected chi connectivity index (χ3v) is 2.51. The highest BCUT2D eigenvalue weighted by Gasteiger charge is 2.07. The van der Waals surface area contributed by atoms with E-state index in [2.05, 4.69) is 15.1 Å². The molecule has 0 saturated carbocycles. The lowest BCUT2D eigenvalue weighted by Gasteiger charge is -1.97. The first-order valence-corrected chi connectivity index (χ1v) is 4.94. The van der Waals surface area contributed by atoms with Gasteiger partial charge in [-0.2, -0.15) is 5.10 Å². The zero-order valence-corrected chi connectivity index (χ0v) is 9.01. The summed E-state index contributed by atoms with van der Waals surface area (Å²) < 4.78 is 7.24. The Morgan fingerprint density at radius 1 is 1.19 bits per heavy atom. The highest BCUT2D eigenvalue weighted by Crippen LogP contribution is 2.22. The molecule has 0 aliphatic carbocycles. The predicted octanol–water partition coefficient (Wildman–Crippen LogP) is 1.93. The molecule has 0 aromatic carbocycles. The first-order chi connectivity index (χ1) is 7.74. The van der Waals surface area contributed by atoms with Crippen molar-refractivity contribution in [1.29, 1.82) is 0 Å². The molecule has 5 heteroatoms. The summed E-state index contributed by atoms with van der Waals surface area (Å²) in [6.45, 7) is 1.82. The molecule has 0 atom stereocenters. The molecule has 0 spiro atoms. The summed E-state index contributed by atoms with van der Waals surface area (Å²) in [5.74, 6) is 1.38. The topological polar surface area (TPSA) is 56.7 Å². The number of aryl methyl sites for hydroxylation is 2. The van der Waals surface area contributed by atoms with Crippen molar-refractivity contribution in [2.75, 3.05) is 0 Å². The summed E-state index contributed by atoms with van der Waals surface area (Å²) in [6.07, 6.45) is 5.21. The van der Waals surface area contributed by atoms with Gasteiger partial charge in [0.15, 0.2) is 11.7 Å². The van der Waals surface area contributed by atoms with E-state index in [9.17, 15) is 0 Å². The van der Waals surface area contributed by atoms with Crippen molar-refractivity contribution in [3.05, 3.63) is 30.5 Å². The number of pyridine rings is 1. The molecule has 3 heterocycles. The molecular formula is C11H10N4O. The minimum absolute atomic E-state index is 0.653. The number of nitrogens with zero attached hydrogens (tertiary/aromatic N) is 4. The van der Waals surface area contributed by atoms with Gasteiger partial charge in [-0.3, -0.25) is 9.67 Å². The van der Waals surface area contributed by atoms with Gasteiger partial charge in [-0.15, -0.1) is 0 Å². The van der Waals surface area contributed by atoms with Crippen molar-refractivity contribution in [2.45, 2.75) is 6.92 Å². The Morgan fingerprint density at radius 2 is 2.06 bits per heavy atom. The fraction of sp³-hybridized carbons (Fsp3) is 0.182. The van der Waals surface area contributed by atoms with Crippen LogP contribution < -0.4 is 0 Å². The van der Waals surface area contributed by atoms with E-state index in [1.54, 1.807) is 23.3 Å². The smallest absolute Gasteiger partial charge is 0.191 e. The van der Waals surface area contributed by atoms with E-state index in [1.807, 2.05) is 20.0 Å². The quantitative estimate of drug-likeness (QED) is 0.621. The zero-order valence-electron chi connectivity index (χ0n) is 9.01. The predicted molar refractivity (Wildman–Crippen MR) is 58.7 cm³/mol. The Morgan fingerprint density at radius 3 is 2.81 bits per heavy atom. The van der Waals surface area contributed by atoms with Crippen LogP contribution in [-0.2, 0) is 7.05 Å². The van der Waals surface area contributed by atoms with Crippen molar-refractivity contribution in [2.24, 2.45) is 7.05 Å². The molecule has 80 valence electrons. The molecule has 3 aromatic rings. The van der Waals surface area contributed by atoms with E-state index in [1.165, 1.54) is 0 Å². The molecule has 0 unspecified atom stereocenters. The Balaban J connectivity index is 2.21. The molecule has 0 saturated heterocycles. The number of hydrogen-bond donors (Lipinski definition) is 0. The third-order valence-electron chi connectivity index (χ3n) is 2.51. The van der Waals surface area contributed by atoms with E-state index >= 15 is 0 Å². The van der Waals surface area contributed by atoms with Crippen LogP contribution in [0.1, 0.15) is 5.89 Å². The van der Waals surface area contributed by atoms with Crippen LogP contribution in [0, 0.1) is 6.92 Å². The highest BCUT2D eigenvalue weighted by atomic mass is 16.4. The minimum atomic E-state index is 0.653. The first kappa shape index (κ1) is 9.08. The highest BCUT2D eigenvalue weighted by molar-refractivity contribution is 5.78. The van der Waals surface area contributed by atoms with E-state index < -0.39 is 0 Å². The van der Waals surface area contributed by atoms with Gasteiger partial charge >= 0.3 is 0 Å². The van der Waals surface area contributed by atoms with Gasteiger partial charge in [-0.05, 0) is 6.07 Å². The molecule has 0 bridgehead atoms. The number of aromatic nitrogens is 4. The van der Waals surface area contributed by atoms with E-state index in [0.29, 0.717) is 5.89 Å². The molecule has 5 nitrogen and oxygen atoms in total. The Bertz CT molecular complexity index is 653. The Hall–Kier alpha value is -2.17. The van der Waals surface area contributed by atoms with Crippen LogP contribution >= 0.6 is 0 Å². The molecule has 3 aromatic heterocycles. The van der Waals surface area contributed by atoms with Crippen LogP contribution in [-0.4, -0.2) is 19.7 Å².